The van der Waals surface area contributed by atoms with Gasteiger partial charge >= 0.3 is 5.69 Å². The first-order chi connectivity index (χ1) is 12.7. The molecule has 0 bridgehead atoms. The summed E-state index contributed by atoms with van der Waals surface area (Å²) in [6.45, 7) is 0.472. The summed E-state index contributed by atoms with van der Waals surface area (Å²) in [5, 5.41) is 4.00. The Morgan fingerprint density at radius 3 is 2.96 bits per heavy atom. The first-order valence-electron chi connectivity index (χ1n) is 7.81. The van der Waals surface area contributed by atoms with E-state index in [1.165, 1.54) is 26.9 Å². The quantitative estimate of drug-likeness (QED) is 0.695. The van der Waals surface area contributed by atoms with E-state index in [0.717, 1.165) is 15.3 Å². The van der Waals surface area contributed by atoms with Crippen LogP contribution in [0.2, 0.25) is 0 Å². The van der Waals surface area contributed by atoms with Crippen molar-refractivity contribution in [3.05, 3.63) is 80.7 Å². The van der Waals surface area contributed by atoms with Gasteiger partial charge in [0.25, 0.3) is 0 Å². The highest BCUT2D eigenvalue weighted by Gasteiger charge is 2.08. The summed E-state index contributed by atoms with van der Waals surface area (Å²) in [6, 6.07) is 7.57. The number of hydrogen-bond acceptors (Lipinski definition) is 5. The van der Waals surface area contributed by atoms with Gasteiger partial charge in [0.15, 0.2) is 0 Å². The van der Waals surface area contributed by atoms with Gasteiger partial charge in [-0.15, -0.1) is 11.3 Å². The number of pyridine rings is 1. The molecule has 0 saturated heterocycles. The van der Waals surface area contributed by atoms with Crippen LogP contribution in [0.15, 0.2) is 59.7 Å². The molecule has 132 valence electrons. The van der Waals surface area contributed by atoms with Gasteiger partial charge in [0, 0.05) is 29.4 Å². The molecule has 3 aromatic rings. The first-order valence-corrected chi connectivity index (χ1v) is 8.62. The summed E-state index contributed by atoms with van der Waals surface area (Å²) in [4.78, 5) is 18.2. The van der Waals surface area contributed by atoms with E-state index >= 15 is 0 Å². The Morgan fingerprint density at radius 1 is 1.35 bits per heavy atom. The average Bonchev–Trinajstić information content (AvgIpc) is 3.26. The fourth-order valence-electron chi connectivity index (χ4n) is 2.19. The maximum absolute atomic E-state index is 12.6. The van der Waals surface area contributed by atoms with Crippen molar-refractivity contribution in [1.29, 1.82) is 0 Å². The van der Waals surface area contributed by atoms with Crippen molar-refractivity contribution < 1.29 is 4.39 Å². The maximum atomic E-state index is 12.6. The monoisotopic (exact) mass is 369 g/mol. The van der Waals surface area contributed by atoms with Gasteiger partial charge in [-0.25, -0.2) is 13.9 Å². The minimum atomic E-state index is -0.311. The fraction of sp³-hybridized carbons (Fsp3) is 0.167. The van der Waals surface area contributed by atoms with Gasteiger partial charge in [-0.05, 0) is 29.8 Å². The van der Waals surface area contributed by atoms with E-state index in [4.69, 9.17) is 5.73 Å². The largest absolute Gasteiger partial charge is 0.346 e. The lowest BCUT2D eigenvalue weighted by molar-refractivity contribution is 0.604. The van der Waals surface area contributed by atoms with Gasteiger partial charge < -0.3 is 5.73 Å². The van der Waals surface area contributed by atoms with Crippen LogP contribution in [0.25, 0.3) is 0 Å². The highest BCUT2D eigenvalue weighted by atomic mass is 32.1. The van der Waals surface area contributed by atoms with E-state index in [0.29, 0.717) is 18.4 Å². The number of aromatic nitrogens is 4. The minimum Gasteiger partial charge on any atom is -0.327 e. The van der Waals surface area contributed by atoms with Crippen LogP contribution in [-0.4, -0.2) is 25.9 Å². The Labute approximate surface area is 153 Å². The molecule has 2 N–H and O–H groups in total. The zero-order valence-electron chi connectivity index (χ0n) is 13.8. The first kappa shape index (κ1) is 17.8. The third-order valence-corrected chi connectivity index (χ3v) is 4.53. The number of nitrogens with two attached hydrogens (primary N) is 1. The number of nitrogens with zero attached hydrogens (tertiary/aromatic N) is 4. The van der Waals surface area contributed by atoms with Gasteiger partial charge in [-0.3, -0.25) is 9.55 Å². The summed E-state index contributed by atoms with van der Waals surface area (Å²) in [7, 11) is 0. The average molecular weight is 369 g/mol. The Balaban J connectivity index is 1.71. The van der Waals surface area contributed by atoms with Gasteiger partial charge in [0.1, 0.15) is 6.33 Å². The number of thiophene rings is 1. The van der Waals surface area contributed by atoms with Crippen molar-refractivity contribution in [1.82, 2.24) is 19.3 Å². The van der Waals surface area contributed by atoms with Gasteiger partial charge in [0.2, 0.25) is 0 Å². The molecule has 0 aliphatic heterocycles. The molecule has 8 heteroatoms. The summed E-state index contributed by atoms with van der Waals surface area (Å²) < 4.78 is 15.3. The SMILES string of the molecule is NC/C(=C\F)Cn1ncn(Cc2ccc(C#Cc3cccnc3)s2)c1=O. The van der Waals surface area contributed by atoms with E-state index in [1.54, 1.807) is 12.4 Å². The molecule has 0 unspecified atom stereocenters. The Kier molecular flexibility index (Phi) is 5.73. The van der Waals surface area contributed by atoms with Crippen molar-refractivity contribution in [2.45, 2.75) is 13.1 Å². The molecule has 0 aliphatic rings. The van der Waals surface area contributed by atoms with Gasteiger partial charge in [0.05, 0.1) is 24.3 Å². The van der Waals surface area contributed by atoms with Crippen LogP contribution in [0.5, 0.6) is 0 Å². The van der Waals surface area contributed by atoms with Crippen LogP contribution >= 0.6 is 11.3 Å². The Bertz CT molecular complexity index is 1020. The smallest absolute Gasteiger partial charge is 0.327 e. The summed E-state index contributed by atoms with van der Waals surface area (Å²) in [5.74, 6) is 6.13. The van der Waals surface area contributed by atoms with Gasteiger partial charge in [-0.1, -0.05) is 11.8 Å². The highest BCUT2D eigenvalue weighted by molar-refractivity contribution is 7.12. The number of hydrogen-bond donors (Lipinski definition) is 1. The summed E-state index contributed by atoms with van der Waals surface area (Å²) in [6.07, 6.45) is 5.26. The van der Waals surface area contributed by atoms with Crippen molar-refractivity contribution in [2.75, 3.05) is 6.54 Å². The molecule has 0 saturated carbocycles. The topological polar surface area (TPSA) is 78.7 Å². The standard InChI is InChI=1S/C18H16FN5OS/c19-8-15(9-20)11-24-18(25)23(13-22-24)12-17-6-5-16(26-17)4-3-14-2-1-7-21-10-14/h1-2,5-8,10,13H,9,11-12,20H2/b15-8+. The van der Waals surface area contributed by atoms with E-state index in [1.807, 2.05) is 24.3 Å². The van der Waals surface area contributed by atoms with E-state index in [9.17, 15) is 9.18 Å². The molecule has 3 heterocycles. The predicted molar refractivity (Wildman–Crippen MR) is 98.4 cm³/mol. The van der Waals surface area contributed by atoms with Gasteiger partial charge in [-0.2, -0.15) is 5.10 Å². The Hall–Kier alpha value is -3.02. The molecular formula is C18H16FN5OS. The van der Waals surface area contributed by atoms with Crippen molar-refractivity contribution >= 4 is 11.3 Å². The lowest BCUT2D eigenvalue weighted by atomic mass is 10.3. The molecule has 3 aromatic heterocycles. The normalized spacial score (nSPS) is 11.2. The Morgan fingerprint density at radius 2 is 2.23 bits per heavy atom. The van der Waals surface area contributed by atoms with Crippen molar-refractivity contribution in [2.24, 2.45) is 5.73 Å². The number of rotatable bonds is 5. The van der Waals surface area contributed by atoms with Crippen LogP contribution in [0, 0.1) is 11.8 Å². The molecule has 0 aromatic carbocycles. The second kappa shape index (κ2) is 8.38. The third-order valence-electron chi connectivity index (χ3n) is 3.55. The maximum Gasteiger partial charge on any atom is 0.346 e. The molecule has 0 fully saturated rings. The molecule has 0 radical (unpaired) electrons. The van der Waals surface area contributed by atoms with E-state index in [-0.39, 0.29) is 18.8 Å². The second-order valence-corrected chi connectivity index (χ2v) is 6.60. The highest BCUT2D eigenvalue weighted by Crippen LogP contribution is 2.16. The van der Waals surface area contributed by atoms with Crippen molar-refractivity contribution in [3.8, 4) is 11.8 Å². The van der Waals surface area contributed by atoms with Crippen LogP contribution in [0.3, 0.4) is 0 Å². The molecule has 6 nitrogen and oxygen atoms in total. The zero-order valence-corrected chi connectivity index (χ0v) is 14.6. The fourth-order valence-corrected chi connectivity index (χ4v) is 3.05. The molecule has 0 amide bonds. The van der Waals surface area contributed by atoms with Crippen LogP contribution in [-0.2, 0) is 13.1 Å². The molecule has 0 spiro atoms. The van der Waals surface area contributed by atoms with E-state index in [2.05, 4.69) is 21.9 Å². The molecule has 0 atom stereocenters. The molecule has 26 heavy (non-hydrogen) atoms. The summed E-state index contributed by atoms with van der Waals surface area (Å²) >= 11 is 1.51. The zero-order chi connectivity index (χ0) is 18.4. The molecule has 3 rings (SSSR count). The van der Waals surface area contributed by atoms with Crippen LogP contribution < -0.4 is 11.4 Å². The van der Waals surface area contributed by atoms with Crippen molar-refractivity contribution in [3.63, 3.8) is 0 Å². The predicted octanol–water partition coefficient (Wildman–Crippen LogP) is 1.76. The lowest BCUT2D eigenvalue weighted by Crippen LogP contribution is -2.26. The molecule has 0 aliphatic carbocycles. The second-order valence-electron chi connectivity index (χ2n) is 5.43. The minimum absolute atomic E-state index is 0.0414. The van der Waals surface area contributed by atoms with Crippen LogP contribution in [0.1, 0.15) is 15.3 Å². The lowest BCUT2D eigenvalue weighted by Gasteiger charge is -2.01. The number of halogens is 1. The molecular weight excluding hydrogens is 353 g/mol. The summed E-state index contributed by atoms with van der Waals surface area (Å²) in [5.41, 5.74) is 6.25. The van der Waals surface area contributed by atoms with Crippen LogP contribution in [0.4, 0.5) is 4.39 Å². The van der Waals surface area contributed by atoms with E-state index < -0.39 is 0 Å². The third kappa shape index (κ3) is 4.33.